The van der Waals surface area contributed by atoms with Crippen molar-refractivity contribution in [1.82, 2.24) is 9.97 Å². The molecule has 0 atom stereocenters. The Bertz CT molecular complexity index is 581. The van der Waals surface area contributed by atoms with E-state index in [-0.39, 0.29) is 0 Å². The van der Waals surface area contributed by atoms with Crippen LogP contribution in [0.25, 0.3) is 0 Å². The van der Waals surface area contributed by atoms with Gasteiger partial charge in [-0.05, 0) is 43.4 Å². The molecular formula is C16H22N4S. The number of benzene rings is 1. The van der Waals surface area contributed by atoms with E-state index < -0.39 is 0 Å². The number of aromatic nitrogens is 2. The third-order valence-corrected chi connectivity index (χ3v) is 3.90. The van der Waals surface area contributed by atoms with Crippen LogP contribution in [0.3, 0.4) is 0 Å². The van der Waals surface area contributed by atoms with E-state index in [0.29, 0.717) is 5.92 Å². The van der Waals surface area contributed by atoms with Gasteiger partial charge in [-0.15, -0.1) is 11.8 Å². The lowest BCUT2D eigenvalue weighted by atomic mass is 10.0. The van der Waals surface area contributed by atoms with Gasteiger partial charge in [0.05, 0.1) is 0 Å². The maximum absolute atomic E-state index is 4.41. The van der Waals surface area contributed by atoms with Gasteiger partial charge < -0.3 is 10.6 Å². The van der Waals surface area contributed by atoms with Crippen molar-refractivity contribution in [3.8, 4) is 0 Å². The van der Waals surface area contributed by atoms with E-state index in [9.17, 15) is 0 Å². The lowest BCUT2D eigenvalue weighted by Gasteiger charge is -2.17. The molecule has 1 heterocycles. The van der Waals surface area contributed by atoms with Crippen LogP contribution in [0.5, 0.6) is 0 Å². The quantitative estimate of drug-likeness (QED) is 0.770. The number of hydrogen-bond acceptors (Lipinski definition) is 5. The summed E-state index contributed by atoms with van der Waals surface area (Å²) in [4.78, 5) is 10.0. The molecule has 0 saturated heterocycles. The molecule has 0 amide bonds. The SMILES string of the molecule is CCNc1ncnc(Nc2ccc(SC)cc2)c1C(C)C. The van der Waals surface area contributed by atoms with E-state index >= 15 is 0 Å². The Kier molecular flexibility index (Phi) is 5.44. The van der Waals surface area contributed by atoms with Crippen LogP contribution >= 0.6 is 11.8 Å². The van der Waals surface area contributed by atoms with Crippen molar-refractivity contribution in [2.45, 2.75) is 31.6 Å². The van der Waals surface area contributed by atoms with Crippen LogP contribution < -0.4 is 10.6 Å². The molecule has 0 spiro atoms. The number of anilines is 3. The van der Waals surface area contributed by atoms with E-state index in [1.807, 2.05) is 0 Å². The molecule has 1 aromatic carbocycles. The summed E-state index contributed by atoms with van der Waals surface area (Å²) in [6, 6.07) is 8.36. The van der Waals surface area contributed by atoms with Gasteiger partial charge in [-0.3, -0.25) is 0 Å². The summed E-state index contributed by atoms with van der Waals surface area (Å²) in [6.45, 7) is 7.22. The largest absolute Gasteiger partial charge is 0.370 e. The topological polar surface area (TPSA) is 49.8 Å². The minimum atomic E-state index is 0.341. The molecule has 2 N–H and O–H groups in total. The molecule has 0 fully saturated rings. The van der Waals surface area contributed by atoms with Crippen LogP contribution in [0.2, 0.25) is 0 Å². The molecule has 2 aromatic rings. The second kappa shape index (κ2) is 7.31. The predicted molar refractivity (Wildman–Crippen MR) is 91.8 cm³/mol. The molecular weight excluding hydrogens is 280 g/mol. The summed E-state index contributed by atoms with van der Waals surface area (Å²) in [7, 11) is 0. The monoisotopic (exact) mass is 302 g/mol. The number of nitrogens with one attached hydrogen (secondary N) is 2. The lowest BCUT2D eigenvalue weighted by molar-refractivity contribution is 0.849. The molecule has 4 nitrogen and oxygen atoms in total. The molecule has 0 radical (unpaired) electrons. The van der Waals surface area contributed by atoms with Gasteiger partial charge in [-0.25, -0.2) is 9.97 Å². The smallest absolute Gasteiger partial charge is 0.139 e. The summed E-state index contributed by atoms with van der Waals surface area (Å²) < 4.78 is 0. The number of hydrogen-bond donors (Lipinski definition) is 2. The summed E-state index contributed by atoms with van der Waals surface area (Å²) >= 11 is 1.74. The first-order valence-electron chi connectivity index (χ1n) is 7.15. The molecule has 5 heteroatoms. The fourth-order valence-electron chi connectivity index (χ4n) is 2.16. The van der Waals surface area contributed by atoms with E-state index in [0.717, 1.165) is 29.4 Å². The highest BCUT2D eigenvalue weighted by molar-refractivity contribution is 7.98. The second-order valence-corrected chi connectivity index (χ2v) is 5.90. The fourth-order valence-corrected chi connectivity index (χ4v) is 2.57. The zero-order valence-electron chi connectivity index (χ0n) is 13.0. The third kappa shape index (κ3) is 3.88. The number of nitrogens with zero attached hydrogens (tertiary/aromatic N) is 2. The van der Waals surface area contributed by atoms with Gasteiger partial charge in [0.1, 0.15) is 18.0 Å². The normalized spacial score (nSPS) is 10.7. The summed E-state index contributed by atoms with van der Waals surface area (Å²) in [5, 5.41) is 6.71. The highest BCUT2D eigenvalue weighted by atomic mass is 32.2. The van der Waals surface area contributed by atoms with Crippen LogP contribution in [-0.2, 0) is 0 Å². The van der Waals surface area contributed by atoms with Crippen molar-refractivity contribution < 1.29 is 0 Å². The van der Waals surface area contributed by atoms with Crippen LogP contribution in [0.15, 0.2) is 35.5 Å². The van der Waals surface area contributed by atoms with Gasteiger partial charge >= 0.3 is 0 Å². The molecule has 0 aliphatic carbocycles. The molecule has 0 aliphatic heterocycles. The molecule has 0 unspecified atom stereocenters. The zero-order chi connectivity index (χ0) is 15.2. The molecule has 0 bridgehead atoms. The average Bonchev–Trinajstić information content (AvgIpc) is 2.48. The third-order valence-electron chi connectivity index (χ3n) is 3.16. The maximum atomic E-state index is 4.41. The van der Waals surface area contributed by atoms with Gasteiger partial charge in [-0.2, -0.15) is 0 Å². The second-order valence-electron chi connectivity index (χ2n) is 5.02. The van der Waals surface area contributed by atoms with E-state index in [1.165, 1.54) is 4.90 Å². The van der Waals surface area contributed by atoms with Crippen molar-refractivity contribution in [2.75, 3.05) is 23.4 Å². The van der Waals surface area contributed by atoms with Crippen molar-refractivity contribution in [1.29, 1.82) is 0 Å². The van der Waals surface area contributed by atoms with Crippen molar-refractivity contribution >= 4 is 29.1 Å². The Morgan fingerprint density at radius 1 is 1.10 bits per heavy atom. The zero-order valence-corrected chi connectivity index (χ0v) is 13.8. The van der Waals surface area contributed by atoms with Gasteiger partial charge in [-0.1, -0.05) is 13.8 Å². The molecule has 0 aliphatic rings. The van der Waals surface area contributed by atoms with Crippen LogP contribution in [0.4, 0.5) is 17.3 Å². The number of rotatable bonds is 6. The molecule has 112 valence electrons. The summed E-state index contributed by atoms with van der Waals surface area (Å²) in [6.07, 6.45) is 3.68. The predicted octanol–water partition coefficient (Wildman–Crippen LogP) is 4.50. The van der Waals surface area contributed by atoms with Crippen molar-refractivity contribution in [3.63, 3.8) is 0 Å². The first kappa shape index (κ1) is 15.6. The Morgan fingerprint density at radius 2 is 1.76 bits per heavy atom. The highest BCUT2D eigenvalue weighted by Gasteiger charge is 2.14. The Labute approximate surface area is 130 Å². The Balaban J connectivity index is 2.31. The van der Waals surface area contributed by atoms with Crippen LogP contribution in [0, 0.1) is 0 Å². The maximum Gasteiger partial charge on any atom is 0.139 e. The minimum absolute atomic E-state index is 0.341. The van der Waals surface area contributed by atoms with Gasteiger partial charge in [0, 0.05) is 22.7 Å². The Hall–Kier alpha value is -1.75. The van der Waals surface area contributed by atoms with Crippen LogP contribution in [0.1, 0.15) is 32.3 Å². The summed E-state index contributed by atoms with van der Waals surface area (Å²) in [5.74, 6) is 2.12. The number of thioether (sulfide) groups is 1. The van der Waals surface area contributed by atoms with Gasteiger partial charge in [0.2, 0.25) is 0 Å². The van der Waals surface area contributed by atoms with E-state index in [2.05, 4.69) is 71.9 Å². The first-order valence-corrected chi connectivity index (χ1v) is 8.38. The van der Waals surface area contributed by atoms with Gasteiger partial charge in [0.15, 0.2) is 0 Å². The average molecular weight is 302 g/mol. The first-order chi connectivity index (χ1) is 10.2. The lowest BCUT2D eigenvalue weighted by Crippen LogP contribution is -2.09. The van der Waals surface area contributed by atoms with E-state index in [1.54, 1.807) is 18.1 Å². The van der Waals surface area contributed by atoms with Gasteiger partial charge in [0.25, 0.3) is 0 Å². The Morgan fingerprint density at radius 3 is 2.33 bits per heavy atom. The van der Waals surface area contributed by atoms with Crippen LogP contribution in [-0.4, -0.2) is 22.8 Å². The molecule has 1 aromatic heterocycles. The van der Waals surface area contributed by atoms with Crippen molar-refractivity contribution in [2.24, 2.45) is 0 Å². The van der Waals surface area contributed by atoms with E-state index in [4.69, 9.17) is 0 Å². The fraction of sp³-hybridized carbons (Fsp3) is 0.375. The molecule has 21 heavy (non-hydrogen) atoms. The molecule has 0 saturated carbocycles. The molecule has 2 rings (SSSR count). The summed E-state index contributed by atoms with van der Waals surface area (Å²) in [5.41, 5.74) is 2.16. The standard InChI is InChI=1S/C16H22N4S/c1-5-17-15-14(11(2)3)16(19-10-18-15)20-12-6-8-13(21-4)9-7-12/h6-11H,5H2,1-4H3,(H2,17,18,19,20). The minimum Gasteiger partial charge on any atom is -0.370 e. The van der Waals surface area contributed by atoms with Crippen molar-refractivity contribution in [3.05, 3.63) is 36.2 Å². The highest BCUT2D eigenvalue weighted by Crippen LogP contribution is 2.30.